The van der Waals surface area contributed by atoms with Gasteiger partial charge in [0, 0.05) is 12.1 Å². The fraction of sp³-hybridized carbons (Fsp3) is 0.250. The molecule has 1 N–H and O–H groups in total. The van der Waals surface area contributed by atoms with E-state index in [9.17, 15) is 4.79 Å². The molecule has 6 heteroatoms. The topological polar surface area (TPSA) is 77.2 Å². The molecule has 0 saturated heterocycles. The van der Waals surface area contributed by atoms with E-state index in [0.717, 1.165) is 6.54 Å². The van der Waals surface area contributed by atoms with Gasteiger partial charge in [-0.25, -0.2) is 4.79 Å². The van der Waals surface area contributed by atoms with Crippen LogP contribution in [0.2, 0.25) is 0 Å². The molecule has 0 fully saturated rings. The average Bonchev–Trinajstić information content (AvgIpc) is 2.86. The van der Waals surface area contributed by atoms with Crippen LogP contribution in [0.5, 0.6) is 5.75 Å². The van der Waals surface area contributed by atoms with E-state index in [1.54, 1.807) is 23.0 Å². The average molecular weight is 247 g/mol. The number of methoxy groups -OCH3 is 1. The second-order valence-electron chi connectivity index (χ2n) is 3.68. The van der Waals surface area contributed by atoms with E-state index in [1.807, 2.05) is 6.92 Å². The summed E-state index contributed by atoms with van der Waals surface area (Å²) in [5.74, 6) is -0.703. The number of rotatable bonds is 4. The first-order valence-electron chi connectivity index (χ1n) is 5.47. The van der Waals surface area contributed by atoms with Crippen LogP contribution in [0.1, 0.15) is 17.3 Å². The molecule has 0 saturated carbocycles. The largest absolute Gasteiger partial charge is 0.496 e. The van der Waals surface area contributed by atoms with Crippen LogP contribution in [0, 0.1) is 0 Å². The van der Waals surface area contributed by atoms with E-state index in [2.05, 4.69) is 10.3 Å². The van der Waals surface area contributed by atoms with Crippen molar-refractivity contribution in [2.45, 2.75) is 13.5 Å². The van der Waals surface area contributed by atoms with Gasteiger partial charge in [0.1, 0.15) is 17.0 Å². The maximum Gasteiger partial charge on any atom is 0.339 e. The summed E-state index contributed by atoms with van der Waals surface area (Å²) in [7, 11) is 1.44. The first-order chi connectivity index (χ1) is 8.65. The van der Waals surface area contributed by atoms with Crippen molar-refractivity contribution in [1.82, 2.24) is 15.0 Å². The van der Waals surface area contributed by atoms with Gasteiger partial charge in [-0.1, -0.05) is 5.21 Å². The number of ether oxygens (including phenoxy) is 1. The number of aryl methyl sites for hydroxylation is 1. The van der Waals surface area contributed by atoms with Crippen molar-refractivity contribution < 1.29 is 14.6 Å². The van der Waals surface area contributed by atoms with Crippen LogP contribution in [0.25, 0.3) is 11.3 Å². The second-order valence-corrected chi connectivity index (χ2v) is 3.68. The Hall–Kier alpha value is -2.37. The zero-order chi connectivity index (χ0) is 13.1. The van der Waals surface area contributed by atoms with Crippen molar-refractivity contribution in [3.8, 4) is 17.0 Å². The number of benzene rings is 1. The van der Waals surface area contributed by atoms with Crippen molar-refractivity contribution in [3.63, 3.8) is 0 Å². The van der Waals surface area contributed by atoms with Gasteiger partial charge < -0.3 is 9.84 Å². The van der Waals surface area contributed by atoms with Crippen molar-refractivity contribution in [2.24, 2.45) is 0 Å². The molecule has 2 rings (SSSR count). The molecule has 6 nitrogen and oxygen atoms in total. The van der Waals surface area contributed by atoms with Crippen molar-refractivity contribution in [3.05, 3.63) is 30.0 Å². The van der Waals surface area contributed by atoms with E-state index in [4.69, 9.17) is 9.84 Å². The lowest BCUT2D eigenvalue weighted by molar-refractivity contribution is 0.0693. The van der Waals surface area contributed by atoms with Gasteiger partial charge in [0.15, 0.2) is 0 Å². The number of hydrogen-bond donors (Lipinski definition) is 1. The highest BCUT2D eigenvalue weighted by Gasteiger charge is 2.13. The minimum absolute atomic E-state index is 0.112. The molecular formula is C12H13N3O3. The van der Waals surface area contributed by atoms with Gasteiger partial charge in [0.05, 0.1) is 13.3 Å². The maximum atomic E-state index is 11.1. The first-order valence-corrected chi connectivity index (χ1v) is 5.47. The molecule has 0 spiro atoms. The highest BCUT2D eigenvalue weighted by Crippen LogP contribution is 2.25. The van der Waals surface area contributed by atoms with Gasteiger partial charge in [-0.15, -0.1) is 5.10 Å². The van der Waals surface area contributed by atoms with E-state index in [1.165, 1.54) is 13.2 Å². The first kappa shape index (κ1) is 12.1. The Balaban J connectivity index is 2.46. The molecule has 0 aliphatic rings. The lowest BCUT2D eigenvalue weighted by Gasteiger charge is -2.05. The Morgan fingerprint density at radius 1 is 1.50 bits per heavy atom. The zero-order valence-electron chi connectivity index (χ0n) is 10.1. The molecule has 0 bridgehead atoms. The molecule has 1 aromatic carbocycles. The highest BCUT2D eigenvalue weighted by atomic mass is 16.5. The van der Waals surface area contributed by atoms with Gasteiger partial charge in [-0.3, -0.25) is 4.68 Å². The third-order valence-electron chi connectivity index (χ3n) is 2.59. The second kappa shape index (κ2) is 4.87. The number of carboxylic acids is 1. The van der Waals surface area contributed by atoms with Crippen molar-refractivity contribution >= 4 is 5.97 Å². The van der Waals surface area contributed by atoms with Crippen molar-refractivity contribution in [2.75, 3.05) is 7.11 Å². The Morgan fingerprint density at radius 2 is 2.28 bits per heavy atom. The smallest absolute Gasteiger partial charge is 0.339 e. The van der Waals surface area contributed by atoms with Gasteiger partial charge in [0.2, 0.25) is 0 Å². The standard InChI is InChI=1S/C12H13N3O3/c1-3-15-7-10(13-14-15)8-4-5-11(18-2)9(6-8)12(16)17/h4-7H,3H2,1-2H3,(H,16,17). The van der Waals surface area contributed by atoms with Crippen LogP contribution in [0.15, 0.2) is 24.4 Å². The number of aromatic carboxylic acids is 1. The Morgan fingerprint density at radius 3 is 2.83 bits per heavy atom. The highest BCUT2D eigenvalue weighted by molar-refractivity contribution is 5.92. The SMILES string of the molecule is CCn1cc(-c2ccc(OC)c(C(=O)O)c2)nn1. The fourth-order valence-corrected chi connectivity index (χ4v) is 1.62. The van der Waals surface area contributed by atoms with E-state index in [0.29, 0.717) is 17.0 Å². The fourth-order valence-electron chi connectivity index (χ4n) is 1.62. The van der Waals surface area contributed by atoms with Crippen molar-refractivity contribution in [1.29, 1.82) is 0 Å². The predicted molar refractivity (Wildman–Crippen MR) is 64.6 cm³/mol. The van der Waals surface area contributed by atoms with E-state index in [-0.39, 0.29) is 5.56 Å². The predicted octanol–water partition coefficient (Wildman–Crippen LogP) is 1.67. The number of carbonyl (C=O) groups is 1. The van der Waals surface area contributed by atoms with Gasteiger partial charge in [-0.2, -0.15) is 0 Å². The minimum atomic E-state index is -1.03. The summed E-state index contributed by atoms with van der Waals surface area (Å²) in [6.45, 7) is 2.67. The van der Waals surface area contributed by atoms with Crippen LogP contribution in [-0.2, 0) is 6.54 Å². The van der Waals surface area contributed by atoms with Gasteiger partial charge in [0.25, 0.3) is 0 Å². The number of carboxylic acid groups (broad SMARTS) is 1. The normalized spacial score (nSPS) is 10.3. The van der Waals surface area contributed by atoms with Crippen LogP contribution < -0.4 is 4.74 Å². The summed E-state index contributed by atoms with van der Waals surface area (Å²) in [5.41, 5.74) is 1.45. The number of nitrogens with zero attached hydrogens (tertiary/aromatic N) is 3. The summed E-state index contributed by atoms with van der Waals surface area (Å²) in [6.07, 6.45) is 1.77. The molecule has 94 valence electrons. The summed E-state index contributed by atoms with van der Waals surface area (Å²) in [6, 6.07) is 4.91. The van der Waals surface area contributed by atoms with E-state index < -0.39 is 5.97 Å². The lowest BCUT2D eigenvalue weighted by Crippen LogP contribution is -2.00. The van der Waals surface area contributed by atoms with Gasteiger partial charge in [-0.05, 0) is 25.1 Å². The molecule has 2 aromatic rings. The maximum absolute atomic E-state index is 11.1. The third-order valence-corrected chi connectivity index (χ3v) is 2.59. The third kappa shape index (κ3) is 2.17. The zero-order valence-corrected chi connectivity index (χ0v) is 10.1. The molecule has 0 unspecified atom stereocenters. The quantitative estimate of drug-likeness (QED) is 0.889. The molecule has 0 radical (unpaired) electrons. The Labute approximate surface area is 104 Å². The minimum Gasteiger partial charge on any atom is -0.496 e. The van der Waals surface area contributed by atoms with Gasteiger partial charge >= 0.3 is 5.97 Å². The summed E-state index contributed by atoms with van der Waals surface area (Å²) in [5, 5.41) is 17.0. The molecule has 0 atom stereocenters. The molecule has 0 aliphatic heterocycles. The Kier molecular flexibility index (Phi) is 3.27. The lowest BCUT2D eigenvalue weighted by atomic mass is 10.1. The summed E-state index contributed by atoms with van der Waals surface area (Å²) >= 11 is 0. The van der Waals surface area contributed by atoms with Crippen LogP contribution >= 0.6 is 0 Å². The number of aromatic nitrogens is 3. The molecule has 1 heterocycles. The summed E-state index contributed by atoms with van der Waals surface area (Å²) < 4.78 is 6.68. The van der Waals surface area contributed by atoms with Crippen LogP contribution in [-0.4, -0.2) is 33.2 Å². The number of hydrogen-bond acceptors (Lipinski definition) is 4. The molecule has 0 aliphatic carbocycles. The van der Waals surface area contributed by atoms with Crippen LogP contribution in [0.3, 0.4) is 0 Å². The Bertz CT molecular complexity index is 578. The van der Waals surface area contributed by atoms with Crippen LogP contribution in [0.4, 0.5) is 0 Å². The monoisotopic (exact) mass is 247 g/mol. The molecular weight excluding hydrogens is 234 g/mol. The van der Waals surface area contributed by atoms with E-state index >= 15 is 0 Å². The molecule has 1 aromatic heterocycles. The molecule has 0 amide bonds. The summed E-state index contributed by atoms with van der Waals surface area (Å²) in [4.78, 5) is 11.1. The molecule has 18 heavy (non-hydrogen) atoms.